The third kappa shape index (κ3) is 8.54. The van der Waals surface area contributed by atoms with Gasteiger partial charge in [0.05, 0.1) is 0 Å². The Bertz CT molecular complexity index is 157. The van der Waals surface area contributed by atoms with E-state index >= 15 is 0 Å². The van der Waals surface area contributed by atoms with Crippen LogP contribution >= 0.6 is 0 Å². The monoisotopic (exact) mass is 276 g/mol. The third-order valence-electron chi connectivity index (χ3n) is 1.98. The fourth-order valence-corrected chi connectivity index (χ4v) is 9.60. The van der Waals surface area contributed by atoms with E-state index in [4.69, 9.17) is 4.12 Å². The van der Waals surface area contributed by atoms with Crippen LogP contribution < -0.4 is 9.96 Å². The van der Waals surface area contributed by atoms with Crippen LogP contribution in [0.4, 0.5) is 0 Å². The average Bonchev–Trinajstić information content (AvgIpc) is 2.13. The second-order valence-corrected chi connectivity index (χ2v) is 14.0. The molecule has 7 heteroatoms. The summed E-state index contributed by atoms with van der Waals surface area (Å²) >= 11 is 0. The van der Waals surface area contributed by atoms with Gasteiger partial charge in [0.25, 0.3) is 0 Å². The van der Waals surface area contributed by atoms with Gasteiger partial charge in [-0.1, -0.05) is 26.2 Å². The van der Waals surface area contributed by atoms with E-state index in [1.807, 2.05) is 0 Å². The summed E-state index contributed by atoms with van der Waals surface area (Å²) < 4.78 is 6.00. The molecule has 0 spiro atoms. The standard InChI is InChI=1S/C8H24N2OSi4/c1-12-11-15(6,7-9-13(2)3)8-10-14(4)5/h9-10H,7-8H2,1-6H3. The summed E-state index contributed by atoms with van der Waals surface area (Å²) in [5.74, 6) is 0. The van der Waals surface area contributed by atoms with Crippen LogP contribution in [-0.2, 0) is 4.12 Å². The van der Waals surface area contributed by atoms with Crippen LogP contribution in [0.25, 0.3) is 0 Å². The van der Waals surface area contributed by atoms with Crippen LogP contribution in [-0.4, -0.2) is 48.3 Å². The van der Waals surface area contributed by atoms with E-state index in [1.54, 1.807) is 0 Å². The maximum Gasteiger partial charge on any atom is 0.211 e. The molecule has 0 saturated heterocycles. The lowest BCUT2D eigenvalue weighted by molar-refractivity contribution is 0.573. The molecule has 0 amide bonds. The first kappa shape index (κ1) is 15.7. The molecule has 0 aliphatic carbocycles. The van der Waals surface area contributed by atoms with Crippen molar-refractivity contribution in [2.24, 2.45) is 0 Å². The highest BCUT2D eigenvalue weighted by Gasteiger charge is 2.28. The van der Waals surface area contributed by atoms with Crippen molar-refractivity contribution in [3.63, 3.8) is 0 Å². The molecule has 88 valence electrons. The molecule has 3 nitrogen and oxygen atoms in total. The van der Waals surface area contributed by atoms with Crippen molar-refractivity contribution in [1.82, 2.24) is 9.96 Å². The van der Waals surface area contributed by atoms with Gasteiger partial charge < -0.3 is 14.1 Å². The molecule has 0 bridgehead atoms. The fourth-order valence-electron chi connectivity index (χ4n) is 1.11. The summed E-state index contributed by atoms with van der Waals surface area (Å²) in [4.78, 5) is 7.22. The fraction of sp³-hybridized carbons (Fsp3) is 1.00. The zero-order valence-electron chi connectivity index (χ0n) is 10.8. The van der Waals surface area contributed by atoms with Gasteiger partial charge in [-0.15, -0.1) is 0 Å². The quantitative estimate of drug-likeness (QED) is 0.649. The van der Waals surface area contributed by atoms with Crippen molar-refractivity contribution >= 4 is 36.0 Å². The van der Waals surface area contributed by atoms with E-state index < -0.39 is 8.32 Å². The van der Waals surface area contributed by atoms with Gasteiger partial charge >= 0.3 is 0 Å². The minimum absolute atomic E-state index is 0.335. The molecular formula is C8H24N2OSi4. The minimum atomic E-state index is -1.53. The summed E-state index contributed by atoms with van der Waals surface area (Å²) in [6, 6.07) is 0. The van der Waals surface area contributed by atoms with Crippen molar-refractivity contribution in [1.29, 1.82) is 0 Å². The van der Waals surface area contributed by atoms with Crippen molar-refractivity contribution in [3.8, 4) is 0 Å². The van der Waals surface area contributed by atoms with Crippen LogP contribution in [0, 0.1) is 0 Å². The number of rotatable bonds is 8. The molecule has 4 radical (unpaired) electrons. The molecule has 0 unspecified atom stereocenters. The predicted octanol–water partition coefficient (Wildman–Crippen LogP) is 1.01. The first-order valence-electron chi connectivity index (χ1n) is 5.32. The molecule has 2 N–H and O–H groups in total. The summed E-state index contributed by atoms with van der Waals surface area (Å²) in [7, 11) is -1.58. The Hall–Kier alpha value is 0.748. The highest BCUT2D eigenvalue weighted by Crippen LogP contribution is 2.02. The predicted molar refractivity (Wildman–Crippen MR) is 75.3 cm³/mol. The Morgan fingerprint density at radius 3 is 1.73 bits per heavy atom. The molecule has 0 aliphatic heterocycles. The van der Waals surface area contributed by atoms with Gasteiger partial charge in [0.15, 0.2) is 0 Å². The van der Waals surface area contributed by atoms with Gasteiger partial charge in [-0.2, -0.15) is 0 Å². The smallest absolute Gasteiger partial charge is 0.211 e. The lowest BCUT2D eigenvalue weighted by Crippen LogP contribution is -2.57. The maximum absolute atomic E-state index is 6.00. The Balaban J connectivity index is 4.05. The van der Waals surface area contributed by atoms with Gasteiger partial charge in [0, 0.05) is 12.3 Å². The topological polar surface area (TPSA) is 33.3 Å². The zero-order chi connectivity index (χ0) is 11.9. The lowest BCUT2D eigenvalue weighted by Gasteiger charge is -2.29. The SMILES string of the molecule is C[Si]O[Si](C)(CN[Si](C)C)CN[Si](C)C. The molecule has 0 aromatic rings. The zero-order valence-corrected chi connectivity index (χ0v) is 14.8. The van der Waals surface area contributed by atoms with E-state index in [9.17, 15) is 0 Å². The molecule has 0 rings (SSSR count). The highest BCUT2D eigenvalue weighted by atomic mass is 28.4. The number of hydrogen-bond donors (Lipinski definition) is 2. The normalized spacial score (nSPS) is 12.8. The molecule has 0 fully saturated rings. The number of nitrogens with one attached hydrogen (secondary N) is 2. The molecular weight excluding hydrogens is 252 g/mol. The van der Waals surface area contributed by atoms with Gasteiger partial charge in [0.2, 0.25) is 18.1 Å². The van der Waals surface area contributed by atoms with Gasteiger partial charge in [-0.3, -0.25) is 0 Å². The van der Waals surface area contributed by atoms with Crippen LogP contribution in [0.5, 0.6) is 0 Å². The molecule has 0 aliphatic rings. The van der Waals surface area contributed by atoms with Gasteiger partial charge in [-0.25, -0.2) is 0 Å². The van der Waals surface area contributed by atoms with Crippen LogP contribution in [0.1, 0.15) is 0 Å². The van der Waals surface area contributed by atoms with E-state index in [-0.39, 0.29) is 17.9 Å². The van der Waals surface area contributed by atoms with E-state index in [1.165, 1.54) is 0 Å². The van der Waals surface area contributed by atoms with Crippen molar-refractivity contribution in [2.45, 2.75) is 39.3 Å². The molecule has 0 atom stereocenters. The Kier molecular flexibility index (Phi) is 8.33. The first-order valence-corrected chi connectivity index (χ1v) is 14.6. The van der Waals surface area contributed by atoms with Crippen LogP contribution in [0.3, 0.4) is 0 Å². The lowest BCUT2D eigenvalue weighted by atomic mass is 11.5. The summed E-state index contributed by atoms with van der Waals surface area (Å²) in [5, 5.41) is 0. The van der Waals surface area contributed by atoms with E-state index in [0.29, 0.717) is 9.76 Å². The summed E-state index contributed by atoms with van der Waals surface area (Å²) in [6.07, 6.45) is 2.19. The Morgan fingerprint density at radius 1 is 1.07 bits per heavy atom. The van der Waals surface area contributed by atoms with Gasteiger partial charge in [-0.05, 0) is 13.1 Å². The average molecular weight is 277 g/mol. The van der Waals surface area contributed by atoms with Crippen molar-refractivity contribution in [2.75, 3.05) is 12.3 Å². The molecule has 15 heavy (non-hydrogen) atoms. The van der Waals surface area contributed by atoms with Crippen LogP contribution in [0.2, 0.25) is 39.3 Å². The third-order valence-corrected chi connectivity index (χ3v) is 9.09. The van der Waals surface area contributed by atoms with Gasteiger partial charge in [0.1, 0.15) is 17.9 Å². The van der Waals surface area contributed by atoms with Crippen LogP contribution in [0.15, 0.2) is 0 Å². The van der Waals surface area contributed by atoms with E-state index in [0.717, 1.165) is 12.3 Å². The first-order chi connectivity index (χ1) is 6.89. The molecule has 0 saturated carbocycles. The molecule has 0 aromatic carbocycles. The summed E-state index contributed by atoms with van der Waals surface area (Å²) in [6.45, 7) is 13.6. The second kappa shape index (κ2) is 7.93. The number of hydrogen-bond acceptors (Lipinski definition) is 3. The molecule has 0 heterocycles. The Morgan fingerprint density at radius 2 is 1.47 bits per heavy atom. The summed E-state index contributed by atoms with van der Waals surface area (Å²) in [5.41, 5.74) is 0. The largest absolute Gasteiger partial charge is 0.455 e. The second-order valence-electron chi connectivity index (χ2n) is 4.46. The van der Waals surface area contributed by atoms with Crippen molar-refractivity contribution in [3.05, 3.63) is 0 Å². The minimum Gasteiger partial charge on any atom is -0.455 e. The highest BCUT2D eigenvalue weighted by molar-refractivity contribution is 6.78. The maximum atomic E-state index is 6.00. The van der Waals surface area contributed by atoms with Crippen molar-refractivity contribution < 1.29 is 4.12 Å². The molecule has 0 aromatic heterocycles. The van der Waals surface area contributed by atoms with E-state index in [2.05, 4.69) is 49.2 Å². The Labute approximate surface area is 102 Å².